The molecule has 0 aliphatic heterocycles. The fourth-order valence-electron chi connectivity index (χ4n) is 1.88. The van der Waals surface area contributed by atoms with Crippen molar-refractivity contribution in [2.45, 2.75) is 5.16 Å². The molecule has 0 radical (unpaired) electrons. The largest absolute Gasteiger partial charge is 0.496 e. The number of hydrogen-bond donors (Lipinski definition) is 1. The molecule has 11 heteroatoms. The average Bonchev–Trinajstić information content (AvgIpc) is 2.91. The standard InChI is InChI=1S/C12H11IN6O3S/c1-22-8-4-3-6(5-7(8)13)9-15-11-17-12(23(2,20)21)16-10(14)19(11)18-9/h3-5H,1-2H3,(H2,14,15,16,17,18). The first kappa shape index (κ1) is 15.9. The molecule has 2 heterocycles. The monoisotopic (exact) mass is 446 g/mol. The Kier molecular flexibility index (Phi) is 3.83. The van der Waals surface area contributed by atoms with Gasteiger partial charge in [0, 0.05) is 11.8 Å². The smallest absolute Gasteiger partial charge is 0.258 e. The zero-order chi connectivity index (χ0) is 16.8. The number of hydrogen-bond acceptors (Lipinski definition) is 8. The average molecular weight is 446 g/mol. The number of halogens is 1. The molecule has 0 bridgehead atoms. The van der Waals surface area contributed by atoms with E-state index in [2.05, 4.69) is 42.6 Å². The maximum absolute atomic E-state index is 11.6. The SMILES string of the molecule is COc1ccc(-c2nc3nc(S(C)(=O)=O)nc(N)n3n2)cc1I. The van der Waals surface area contributed by atoms with Crippen molar-refractivity contribution in [3.63, 3.8) is 0 Å². The zero-order valence-electron chi connectivity index (χ0n) is 12.1. The van der Waals surface area contributed by atoms with Gasteiger partial charge in [0.25, 0.3) is 10.9 Å². The van der Waals surface area contributed by atoms with E-state index in [4.69, 9.17) is 10.5 Å². The van der Waals surface area contributed by atoms with Crippen molar-refractivity contribution in [3.05, 3.63) is 21.8 Å². The summed E-state index contributed by atoms with van der Waals surface area (Å²) in [5, 5.41) is 3.84. The van der Waals surface area contributed by atoms with Crippen LogP contribution in [-0.4, -0.2) is 46.3 Å². The molecule has 3 rings (SSSR count). The number of methoxy groups -OCH3 is 1. The van der Waals surface area contributed by atoms with Crippen molar-refractivity contribution in [1.29, 1.82) is 0 Å². The van der Waals surface area contributed by atoms with Crippen molar-refractivity contribution < 1.29 is 13.2 Å². The van der Waals surface area contributed by atoms with Gasteiger partial charge in [0.05, 0.1) is 10.7 Å². The Bertz CT molecular complexity index is 1020. The van der Waals surface area contributed by atoms with E-state index >= 15 is 0 Å². The number of sulfone groups is 1. The predicted molar refractivity (Wildman–Crippen MR) is 90.8 cm³/mol. The molecule has 0 atom stereocenters. The van der Waals surface area contributed by atoms with Gasteiger partial charge in [0.1, 0.15) is 5.75 Å². The van der Waals surface area contributed by atoms with Gasteiger partial charge in [-0.3, -0.25) is 0 Å². The summed E-state index contributed by atoms with van der Waals surface area (Å²) in [6, 6.07) is 5.42. The van der Waals surface area contributed by atoms with Crippen molar-refractivity contribution in [2.75, 3.05) is 19.1 Å². The van der Waals surface area contributed by atoms with Crippen molar-refractivity contribution >= 4 is 44.2 Å². The van der Waals surface area contributed by atoms with Crippen LogP contribution < -0.4 is 10.5 Å². The molecule has 23 heavy (non-hydrogen) atoms. The Morgan fingerprint density at radius 3 is 2.61 bits per heavy atom. The number of ether oxygens (including phenoxy) is 1. The van der Waals surface area contributed by atoms with Crippen molar-refractivity contribution in [3.8, 4) is 17.1 Å². The number of nitrogens with zero attached hydrogens (tertiary/aromatic N) is 5. The van der Waals surface area contributed by atoms with Gasteiger partial charge in [0.2, 0.25) is 15.8 Å². The van der Waals surface area contributed by atoms with Crippen LogP contribution in [0, 0.1) is 3.57 Å². The van der Waals surface area contributed by atoms with E-state index in [1.807, 2.05) is 6.07 Å². The molecule has 2 aromatic heterocycles. The van der Waals surface area contributed by atoms with Gasteiger partial charge < -0.3 is 10.5 Å². The van der Waals surface area contributed by atoms with Gasteiger partial charge in [-0.25, -0.2) is 8.42 Å². The van der Waals surface area contributed by atoms with E-state index in [-0.39, 0.29) is 16.9 Å². The molecule has 0 aliphatic carbocycles. The van der Waals surface area contributed by atoms with Crippen molar-refractivity contribution in [2.24, 2.45) is 0 Å². The molecule has 0 saturated carbocycles. The highest BCUT2D eigenvalue weighted by Gasteiger charge is 2.18. The molecule has 0 unspecified atom stereocenters. The number of nitrogens with two attached hydrogens (primary N) is 1. The van der Waals surface area contributed by atoms with Crippen LogP contribution in [0.4, 0.5) is 5.95 Å². The van der Waals surface area contributed by atoms with E-state index in [1.165, 1.54) is 4.52 Å². The molecule has 0 amide bonds. The molecule has 0 aliphatic rings. The summed E-state index contributed by atoms with van der Waals surface area (Å²) in [6.07, 6.45) is 1.00. The maximum Gasteiger partial charge on any atom is 0.258 e. The molecular formula is C12H11IN6O3S. The molecule has 0 fully saturated rings. The third-order valence-electron chi connectivity index (χ3n) is 2.95. The predicted octanol–water partition coefficient (Wildman–Crippen LogP) is 0.785. The van der Waals surface area contributed by atoms with Crippen LogP contribution in [0.3, 0.4) is 0 Å². The van der Waals surface area contributed by atoms with Gasteiger partial charge in [-0.05, 0) is 40.8 Å². The number of aromatic nitrogens is 5. The lowest BCUT2D eigenvalue weighted by Gasteiger charge is -2.03. The van der Waals surface area contributed by atoms with Gasteiger partial charge in [0.15, 0.2) is 5.82 Å². The minimum absolute atomic E-state index is 0.0683. The van der Waals surface area contributed by atoms with E-state index in [1.54, 1.807) is 19.2 Å². The second kappa shape index (κ2) is 5.56. The summed E-state index contributed by atoms with van der Waals surface area (Å²) in [6.45, 7) is 0. The van der Waals surface area contributed by atoms with Gasteiger partial charge in [-0.1, -0.05) is 0 Å². The van der Waals surface area contributed by atoms with Crippen LogP contribution in [0.1, 0.15) is 0 Å². The molecule has 0 saturated heterocycles. The van der Waals surface area contributed by atoms with E-state index in [0.717, 1.165) is 21.1 Å². The highest BCUT2D eigenvalue weighted by molar-refractivity contribution is 14.1. The second-order valence-corrected chi connectivity index (χ2v) is 7.70. The summed E-state index contributed by atoms with van der Waals surface area (Å²) in [4.78, 5) is 11.9. The van der Waals surface area contributed by atoms with Gasteiger partial charge in [-0.2, -0.15) is 19.5 Å². The number of nitrogen functional groups attached to an aromatic ring is 1. The van der Waals surface area contributed by atoms with E-state index in [9.17, 15) is 8.42 Å². The van der Waals surface area contributed by atoms with E-state index in [0.29, 0.717) is 5.82 Å². The Morgan fingerprint density at radius 1 is 1.26 bits per heavy atom. The number of anilines is 1. The first-order valence-corrected chi connectivity index (χ1v) is 9.21. The van der Waals surface area contributed by atoms with Crippen LogP contribution in [0.25, 0.3) is 17.2 Å². The number of benzene rings is 1. The molecule has 3 aromatic rings. The maximum atomic E-state index is 11.6. The number of rotatable bonds is 3. The van der Waals surface area contributed by atoms with E-state index < -0.39 is 9.84 Å². The lowest BCUT2D eigenvalue weighted by atomic mass is 10.2. The fraction of sp³-hybridized carbons (Fsp3) is 0.167. The summed E-state index contributed by atoms with van der Waals surface area (Å²) in [7, 11) is -2.00. The second-order valence-electron chi connectivity index (χ2n) is 4.63. The highest BCUT2D eigenvalue weighted by atomic mass is 127. The topological polar surface area (TPSA) is 125 Å². The summed E-state index contributed by atoms with van der Waals surface area (Å²) < 4.78 is 30.4. The third kappa shape index (κ3) is 2.93. The molecule has 9 nitrogen and oxygen atoms in total. The zero-order valence-corrected chi connectivity index (χ0v) is 15.0. The molecule has 1 aromatic carbocycles. The summed E-state index contributed by atoms with van der Waals surface area (Å²) in [5.74, 6) is 1.06. The number of fused-ring (bicyclic) bond motifs is 1. The molecule has 2 N–H and O–H groups in total. The van der Waals surface area contributed by atoms with Crippen LogP contribution in [0.2, 0.25) is 0 Å². The molecule has 0 spiro atoms. The van der Waals surface area contributed by atoms with Gasteiger partial charge >= 0.3 is 0 Å². The Balaban J connectivity index is 2.17. The van der Waals surface area contributed by atoms with Crippen LogP contribution in [-0.2, 0) is 9.84 Å². The molecule has 120 valence electrons. The lowest BCUT2D eigenvalue weighted by Crippen LogP contribution is -2.11. The van der Waals surface area contributed by atoms with Crippen molar-refractivity contribution in [1.82, 2.24) is 24.6 Å². The summed E-state index contributed by atoms with van der Waals surface area (Å²) in [5.41, 5.74) is 6.47. The van der Waals surface area contributed by atoms with Crippen LogP contribution in [0.15, 0.2) is 23.4 Å². The molecular weight excluding hydrogens is 435 g/mol. The Labute approximate surface area is 145 Å². The van der Waals surface area contributed by atoms with Crippen LogP contribution >= 0.6 is 22.6 Å². The first-order valence-electron chi connectivity index (χ1n) is 6.24. The fourth-order valence-corrected chi connectivity index (χ4v) is 3.12. The van der Waals surface area contributed by atoms with Crippen LogP contribution in [0.5, 0.6) is 5.75 Å². The minimum Gasteiger partial charge on any atom is -0.496 e. The Morgan fingerprint density at radius 2 is 2.00 bits per heavy atom. The first-order chi connectivity index (χ1) is 10.8. The minimum atomic E-state index is -3.59. The van der Waals surface area contributed by atoms with Gasteiger partial charge in [-0.15, -0.1) is 5.10 Å². The normalized spacial score (nSPS) is 11.8. The summed E-state index contributed by atoms with van der Waals surface area (Å²) >= 11 is 2.13. The quantitative estimate of drug-likeness (QED) is 0.586. The highest BCUT2D eigenvalue weighted by Crippen LogP contribution is 2.26. The Hall–Kier alpha value is -2.02. The lowest BCUT2D eigenvalue weighted by molar-refractivity contribution is 0.412. The third-order valence-corrected chi connectivity index (χ3v) is 4.64.